The van der Waals surface area contributed by atoms with Gasteiger partial charge in [-0.05, 0) is 79.5 Å². The maximum Gasteiger partial charge on any atom is 0.335 e. The van der Waals surface area contributed by atoms with Crippen molar-refractivity contribution in [2.45, 2.75) is 89.8 Å². The lowest BCUT2D eigenvalue weighted by atomic mass is 9.47. The smallest absolute Gasteiger partial charge is 0.335 e. The van der Waals surface area contributed by atoms with Crippen LogP contribution in [0.1, 0.15) is 75.2 Å². The zero-order valence-corrected chi connectivity index (χ0v) is 29.1. The molecule has 7 rings (SSSR count). The summed E-state index contributed by atoms with van der Waals surface area (Å²) in [5.41, 5.74) is -0.00386. The second-order valence-corrected chi connectivity index (χ2v) is 15.1. The number of aliphatic hydroxyl groups is 1. The van der Waals surface area contributed by atoms with Crippen LogP contribution in [0, 0.1) is 28.6 Å². The van der Waals surface area contributed by atoms with Gasteiger partial charge in [-0.3, -0.25) is 14.4 Å². The molecule has 9 atom stereocenters. The summed E-state index contributed by atoms with van der Waals surface area (Å²) in [7, 11) is 0. The number of carbonyl (C=O) groups is 4. The molecule has 1 saturated heterocycles. The van der Waals surface area contributed by atoms with E-state index >= 15 is 0 Å². The molecule has 11 nitrogen and oxygen atoms in total. The largest absolute Gasteiger partial charge is 0.478 e. The van der Waals surface area contributed by atoms with Gasteiger partial charge in [0.15, 0.2) is 24.3 Å². The fourth-order valence-corrected chi connectivity index (χ4v) is 9.91. The summed E-state index contributed by atoms with van der Waals surface area (Å²) in [4.78, 5) is 51.2. The number of esters is 1. The molecule has 8 unspecified atom stereocenters. The second kappa shape index (κ2) is 13.3. The Kier molecular flexibility index (Phi) is 9.18. The zero-order valence-electron chi connectivity index (χ0n) is 29.1. The number of benzene rings is 2. The van der Waals surface area contributed by atoms with E-state index in [1.165, 1.54) is 12.1 Å². The summed E-state index contributed by atoms with van der Waals surface area (Å²) in [5.74, 6) is -2.03. The molecule has 0 bridgehead atoms. The molecular weight excluding hydrogens is 652 g/mol. The summed E-state index contributed by atoms with van der Waals surface area (Å²) in [6.07, 6.45) is 7.12. The first-order valence-corrected chi connectivity index (χ1v) is 17.8. The Labute approximate surface area is 296 Å². The lowest BCUT2D eigenvalue weighted by Gasteiger charge is -2.59. The third kappa shape index (κ3) is 5.89. The number of hydrogen-bond donors (Lipinski definition) is 2. The van der Waals surface area contributed by atoms with Crippen LogP contribution in [0.2, 0.25) is 0 Å². The highest BCUT2D eigenvalue weighted by Gasteiger charge is 2.75. The van der Waals surface area contributed by atoms with Crippen LogP contribution in [0.25, 0.3) is 0 Å². The molecule has 4 aliphatic carbocycles. The van der Waals surface area contributed by atoms with Crippen LogP contribution in [0.5, 0.6) is 0 Å². The summed E-state index contributed by atoms with van der Waals surface area (Å²) in [5, 5.41) is 29.6. The Morgan fingerprint density at radius 1 is 1.06 bits per heavy atom. The Balaban J connectivity index is 1.09. The van der Waals surface area contributed by atoms with Gasteiger partial charge in [-0.1, -0.05) is 63.1 Å². The van der Waals surface area contributed by atoms with E-state index in [1.807, 2.05) is 19.9 Å². The summed E-state index contributed by atoms with van der Waals surface area (Å²) in [6, 6.07) is 12.9. The molecule has 51 heavy (non-hydrogen) atoms. The van der Waals surface area contributed by atoms with E-state index in [2.05, 4.69) is 23.2 Å². The fraction of sp³-hybridized carbons (Fsp3) is 0.500. The van der Waals surface area contributed by atoms with Crippen LogP contribution in [-0.4, -0.2) is 64.4 Å². The second-order valence-electron chi connectivity index (χ2n) is 15.1. The van der Waals surface area contributed by atoms with E-state index in [-0.39, 0.29) is 41.3 Å². The Hall–Kier alpha value is -4.32. The van der Waals surface area contributed by atoms with Crippen molar-refractivity contribution in [1.29, 1.82) is 0 Å². The summed E-state index contributed by atoms with van der Waals surface area (Å²) < 4.78 is 18.8. The number of ketones is 2. The predicted molar refractivity (Wildman–Crippen MR) is 184 cm³/mol. The highest BCUT2D eigenvalue weighted by Crippen LogP contribution is 2.69. The van der Waals surface area contributed by atoms with E-state index in [4.69, 9.17) is 19.3 Å². The Morgan fingerprint density at radius 3 is 2.57 bits per heavy atom. The molecule has 3 fully saturated rings. The highest BCUT2D eigenvalue weighted by atomic mass is 16.7. The first kappa shape index (κ1) is 35.1. The number of Topliss-reactive ketones (excluding diaryl/α,β-unsaturated/α-hetero) is 1. The molecule has 2 N–H and O–H groups in total. The number of allylic oxidation sites excluding steroid dienone is 4. The molecule has 0 radical (unpaired) electrons. The average Bonchev–Trinajstić information content (AvgIpc) is 3.59. The van der Waals surface area contributed by atoms with Crippen molar-refractivity contribution in [2.75, 3.05) is 6.61 Å². The van der Waals surface area contributed by atoms with Crippen molar-refractivity contribution in [1.82, 2.24) is 0 Å². The minimum absolute atomic E-state index is 0.00338. The number of carboxylic acid groups (broad SMARTS) is 1. The standard InChI is InChI=1S/C40H44N2O9/c1-4-7-35-50-33-20-29-28-15-12-25-19-27(43)16-17-38(25,2)36(28)31(44)21-39(29,3)40(33,51-35)32(45)22-49-34(46)18-24-8-5-6-9-30(24)42-41-26-13-10-23(11-14-26)37(47)48/h5-6,8-14,16-17,28-29,31,33,35-36,44H,4,7,15,18-22H2,1-3H3,(H,47,48)/t28?,29?,31?,33-,35?,36?,38?,39?,40?/m1/s1. The van der Waals surface area contributed by atoms with E-state index < -0.39 is 53.5 Å². The molecular formula is C40H44N2O9. The van der Waals surface area contributed by atoms with Gasteiger partial charge in [0.1, 0.15) is 0 Å². The minimum atomic E-state index is -1.39. The monoisotopic (exact) mass is 696 g/mol. The van der Waals surface area contributed by atoms with Gasteiger partial charge in [0.05, 0.1) is 35.6 Å². The number of hydrogen-bond acceptors (Lipinski definition) is 10. The summed E-state index contributed by atoms with van der Waals surface area (Å²) in [6.45, 7) is 5.67. The van der Waals surface area contributed by atoms with Gasteiger partial charge in [0.2, 0.25) is 5.78 Å². The quantitative estimate of drug-likeness (QED) is 0.158. The fourth-order valence-electron chi connectivity index (χ4n) is 9.91. The number of azo groups is 1. The van der Waals surface area contributed by atoms with Crippen LogP contribution in [0.4, 0.5) is 11.4 Å². The van der Waals surface area contributed by atoms with Crippen molar-refractivity contribution in [2.24, 2.45) is 38.8 Å². The summed E-state index contributed by atoms with van der Waals surface area (Å²) >= 11 is 0. The Bertz CT molecular complexity index is 1830. The predicted octanol–water partition coefficient (Wildman–Crippen LogP) is 6.62. The van der Waals surface area contributed by atoms with Crippen LogP contribution < -0.4 is 0 Å². The maximum absolute atomic E-state index is 14.5. The highest BCUT2D eigenvalue weighted by molar-refractivity contribution is 5.94. The van der Waals surface area contributed by atoms with E-state index in [0.717, 1.165) is 12.0 Å². The lowest BCUT2D eigenvalue weighted by Crippen LogP contribution is -2.63. The number of nitrogens with zero attached hydrogens (tertiary/aromatic N) is 2. The molecule has 2 aromatic rings. The van der Waals surface area contributed by atoms with Crippen LogP contribution in [-0.2, 0) is 35.0 Å². The number of carbonyl (C=O) groups excluding carboxylic acids is 3. The van der Waals surface area contributed by atoms with Gasteiger partial charge in [-0.25, -0.2) is 4.79 Å². The van der Waals surface area contributed by atoms with Crippen molar-refractivity contribution < 1.29 is 43.6 Å². The Morgan fingerprint density at radius 2 is 1.82 bits per heavy atom. The van der Waals surface area contributed by atoms with Gasteiger partial charge in [-0.15, -0.1) is 0 Å². The van der Waals surface area contributed by atoms with Gasteiger partial charge in [0, 0.05) is 23.2 Å². The van der Waals surface area contributed by atoms with Crippen molar-refractivity contribution in [3.63, 3.8) is 0 Å². The average molecular weight is 697 g/mol. The normalized spacial score (nSPS) is 35.1. The number of aliphatic hydroxyl groups excluding tert-OH is 1. The lowest BCUT2D eigenvalue weighted by molar-refractivity contribution is -0.199. The molecule has 0 amide bonds. The van der Waals surface area contributed by atoms with Gasteiger partial charge in [-0.2, -0.15) is 10.2 Å². The number of fused-ring (bicyclic) bond motifs is 7. The number of carboxylic acids is 1. The number of rotatable bonds is 10. The third-order valence-corrected chi connectivity index (χ3v) is 12.3. The number of aromatic carboxylic acids is 1. The molecule has 0 spiro atoms. The SMILES string of the molecule is CCCC1O[C@@H]2CC3C4CC=C5CC(=O)C=CC5(C)C4C(O)CC3(C)C2(C(=O)COC(=O)Cc2ccccc2N=Nc2ccc(C(=O)O)cc2)O1. The molecule has 2 aromatic carbocycles. The van der Waals surface area contributed by atoms with Gasteiger partial charge in [0.25, 0.3) is 0 Å². The molecule has 1 heterocycles. The molecule has 0 aromatic heterocycles. The van der Waals surface area contributed by atoms with E-state index in [1.54, 1.807) is 42.5 Å². The first-order valence-electron chi connectivity index (χ1n) is 17.8. The molecule has 11 heteroatoms. The maximum atomic E-state index is 14.5. The van der Waals surface area contributed by atoms with Gasteiger partial charge >= 0.3 is 11.9 Å². The molecule has 5 aliphatic rings. The van der Waals surface area contributed by atoms with Crippen LogP contribution in [0.15, 0.2) is 82.6 Å². The number of ether oxygens (including phenoxy) is 3. The van der Waals surface area contributed by atoms with Gasteiger partial charge < -0.3 is 24.4 Å². The van der Waals surface area contributed by atoms with E-state index in [0.29, 0.717) is 49.0 Å². The van der Waals surface area contributed by atoms with E-state index in [9.17, 15) is 24.3 Å². The third-order valence-electron chi connectivity index (χ3n) is 12.3. The van der Waals surface area contributed by atoms with Crippen LogP contribution in [0.3, 0.4) is 0 Å². The molecule has 1 aliphatic heterocycles. The first-order chi connectivity index (χ1) is 24.4. The topological polar surface area (TPSA) is 161 Å². The van der Waals surface area contributed by atoms with Crippen molar-refractivity contribution in [3.05, 3.63) is 83.5 Å². The van der Waals surface area contributed by atoms with Crippen LogP contribution >= 0.6 is 0 Å². The molecule has 2 saturated carbocycles. The van der Waals surface area contributed by atoms with Crippen molar-refractivity contribution >= 4 is 34.9 Å². The minimum Gasteiger partial charge on any atom is -0.478 e. The zero-order chi connectivity index (χ0) is 36.1. The molecule has 268 valence electrons. The van der Waals surface area contributed by atoms with Crippen molar-refractivity contribution in [3.8, 4) is 0 Å².